The third kappa shape index (κ3) is 4.74. The van der Waals surface area contributed by atoms with Gasteiger partial charge in [0.15, 0.2) is 0 Å². The van der Waals surface area contributed by atoms with E-state index in [0.29, 0.717) is 26.2 Å². The second-order valence-electron chi connectivity index (χ2n) is 7.39. The largest absolute Gasteiger partial charge is 0.433 e. The number of hydrogen-bond donors (Lipinski definition) is 1. The van der Waals surface area contributed by atoms with Gasteiger partial charge < -0.3 is 15.1 Å². The summed E-state index contributed by atoms with van der Waals surface area (Å²) in [6, 6.07) is 2.12. The molecule has 9 heteroatoms. The van der Waals surface area contributed by atoms with Crippen LogP contribution in [0.25, 0.3) is 0 Å². The Kier molecular flexibility index (Phi) is 6.10. The molecule has 1 aromatic heterocycles. The van der Waals surface area contributed by atoms with Gasteiger partial charge in [-0.1, -0.05) is 19.3 Å². The number of amides is 3. The standard InChI is InChI=1S/C19H25F3N4O2/c1-13-15(7-8-16(23-13)19(20,21)22)17(27)25-9-11-26(12-10-25)18(28)24-14-5-3-2-4-6-14/h7-8,14H,2-6,9-12H2,1H3,(H,24,28). The van der Waals surface area contributed by atoms with Crippen molar-refractivity contribution in [2.24, 2.45) is 0 Å². The van der Waals surface area contributed by atoms with E-state index in [4.69, 9.17) is 0 Å². The average molecular weight is 398 g/mol. The molecule has 28 heavy (non-hydrogen) atoms. The van der Waals surface area contributed by atoms with Crippen molar-refractivity contribution in [2.75, 3.05) is 26.2 Å². The molecule has 0 atom stereocenters. The Bertz CT molecular complexity index is 724. The molecule has 1 aromatic rings. The van der Waals surface area contributed by atoms with E-state index >= 15 is 0 Å². The molecule has 0 spiro atoms. The summed E-state index contributed by atoms with van der Waals surface area (Å²) in [6.07, 6.45) is 0.950. The van der Waals surface area contributed by atoms with Crippen LogP contribution in [-0.4, -0.2) is 58.9 Å². The Hall–Kier alpha value is -2.32. The molecule has 0 aromatic carbocycles. The fraction of sp³-hybridized carbons (Fsp3) is 0.632. The summed E-state index contributed by atoms with van der Waals surface area (Å²) in [5.41, 5.74) is -0.795. The SMILES string of the molecule is Cc1nc(C(F)(F)F)ccc1C(=O)N1CCN(C(=O)NC2CCCCC2)CC1. The van der Waals surface area contributed by atoms with Crippen LogP contribution in [0.4, 0.5) is 18.0 Å². The summed E-state index contributed by atoms with van der Waals surface area (Å²) in [4.78, 5) is 31.8. The van der Waals surface area contributed by atoms with Crippen LogP contribution >= 0.6 is 0 Å². The number of carbonyl (C=O) groups excluding carboxylic acids is 2. The van der Waals surface area contributed by atoms with Gasteiger partial charge in [-0.3, -0.25) is 4.79 Å². The normalized spacial score (nSPS) is 18.9. The van der Waals surface area contributed by atoms with Crippen molar-refractivity contribution in [3.05, 3.63) is 29.1 Å². The maximum atomic E-state index is 12.7. The summed E-state index contributed by atoms with van der Waals surface area (Å²) in [5, 5.41) is 3.06. The number of rotatable bonds is 2. The molecule has 1 saturated carbocycles. The number of pyridine rings is 1. The fourth-order valence-electron chi connectivity index (χ4n) is 3.74. The van der Waals surface area contributed by atoms with Crippen LogP contribution in [0.15, 0.2) is 12.1 Å². The smallest absolute Gasteiger partial charge is 0.335 e. The fourth-order valence-corrected chi connectivity index (χ4v) is 3.74. The van der Waals surface area contributed by atoms with Gasteiger partial charge in [0.1, 0.15) is 5.69 Å². The Morgan fingerprint density at radius 2 is 1.64 bits per heavy atom. The van der Waals surface area contributed by atoms with Gasteiger partial charge in [0.25, 0.3) is 5.91 Å². The van der Waals surface area contributed by atoms with E-state index in [1.165, 1.54) is 19.4 Å². The molecule has 0 unspecified atom stereocenters. The van der Waals surface area contributed by atoms with Gasteiger partial charge in [-0.05, 0) is 31.9 Å². The first-order valence-electron chi connectivity index (χ1n) is 9.65. The van der Waals surface area contributed by atoms with E-state index in [-0.39, 0.29) is 29.2 Å². The van der Waals surface area contributed by atoms with Crippen LogP contribution in [-0.2, 0) is 6.18 Å². The van der Waals surface area contributed by atoms with Crippen molar-refractivity contribution in [3.63, 3.8) is 0 Å². The van der Waals surface area contributed by atoms with Gasteiger partial charge >= 0.3 is 12.2 Å². The molecule has 0 bridgehead atoms. The number of aromatic nitrogens is 1. The zero-order valence-corrected chi connectivity index (χ0v) is 15.9. The van der Waals surface area contributed by atoms with Gasteiger partial charge in [0.05, 0.1) is 11.3 Å². The number of aryl methyl sites for hydroxylation is 1. The number of hydrogen-bond acceptors (Lipinski definition) is 3. The topological polar surface area (TPSA) is 65.5 Å². The second-order valence-corrected chi connectivity index (χ2v) is 7.39. The van der Waals surface area contributed by atoms with Crippen LogP contribution in [0, 0.1) is 6.92 Å². The molecule has 2 aliphatic rings. The lowest BCUT2D eigenvalue weighted by Gasteiger charge is -2.36. The predicted molar refractivity (Wildman–Crippen MR) is 96.9 cm³/mol. The molecule has 1 N–H and O–H groups in total. The molecule has 1 aliphatic heterocycles. The highest BCUT2D eigenvalue weighted by Gasteiger charge is 2.34. The van der Waals surface area contributed by atoms with Gasteiger partial charge in [0, 0.05) is 32.2 Å². The van der Waals surface area contributed by atoms with E-state index in [1.807, 2.05) is 0 Å². The molecule has 154 valence electrons. The lowest BCUT2D eigenvalue weighted by Crippen LogP contribution is -2.54. The quantitative estimate of drug-likeness (QED) is 0.832. The first-order chi connectivity index (χ1) is 13.3. The number of nitrogens with zero attached hydrogens (tertiary/aromatic N) is 3. The van der Waals surface area contributed by atoms with Crippen molar-refractivity contribution >= 4 is 11.9 Å². The summed E-state index contributed by atoms with van der Waals surface area (Å²) in [5.74, 6) is -0.355. The molecule has 0 radical (unpaired) electrons. The lowest BCUT2D eigenvalue weighted by atomic mass is 9.96. The zero-order valence-electron chi connectivity index (χ0n) is 15.9. The number of alkyl halides is 3. The highest BCUT2D eigenvalue weighted by molar-refractivity contribution is 5.95. The molecule has 1 aliphatic carbocycles. The molecule has 2 heterocycles. The molecular weight excluding hydrogens is 373 g/mol. The van der Waals surface area contributed by atoms with Gasteiger partial charge in [-0.25, -0.2) is 9.78 Å². The van der Waals surface area contributed by atoms with Crippen molar-refractivity contribution in [2.45, 2.75) is 51.2 Å². The predicted octanol–water partition coefficient (Wildman–Crippen LogP) is 3.21. The minimum Gasteiger partial charge on any atom is -0.335 e. The molecule has 1 saturated heterocycles. The lowest BCUT2D eigenvalue weighted by molar-refractivity contribution is -0.141. The van der Waals surface area contributed by atoms with Crippen molar-refractivity contribution in [1.29, 1.82) is 0 Å². The molecule has 3 amide bonds. The van der Waals surface area contributed by atoms with Gasteiger partial charge in [-0.15, -0.1) is 0 Å². The average Bonchev–Trinajstić information content (AvgIpc) is 2.67. The van der Waals surface area contributed by atoms with E-state index in [2.05, 4.69) is 10.3 Å². The Morgan fingerprint density at radius 1 is 1.04 bits per heavy atom. The first kappa shape index (κ1) is 20.4. The zero-order chi connectivity index (χ0) is 20.3. The maximum Gasteiger partial charge on any atom is 0.433 e. The minimum atomic E-state index is -4.54. The van der Waals surface area contributed by atoms with E-state index in [1.54, 1.807) is 9.80 Å². The number of urea groups is 1. The number of piperazine rings is 1. The Morgan fingerprint density at radius 3 is 2.21 bits per heavy atom. The minimum absolute atomic E-state index is 0.0531. The van der Waals surface area contributed by atoms with E-state index < -0.39 is 11.9 Å². The van der Waals surface area contributed by atoms with E-state index in [0.717, 1.165) is 31.7 Å². The summed E-state index contributed by atoms with van der Waals surface area (Å²) in [7, 11) is 0. The van der Waals surface area contributed by atoms with Crippen molar-refractivity contribution < 1.29 is 22.8 Å². The Balaban J connectivity index is 1.55. The van der Waals surface area contributed by atoms with Gasteiger partial charge in [-0.2, -0.15) is 13.2 Å². The summed E-state index contributed by atoms with van der Waals surface area (Å²) >= 11 is 0. The van der Waals surface area contributed by atoms with Crippen LogP contribution in [0.3, 0.4) is 0 Å². The second kappa shape index (κ2) is 8.36. The van der Waals surface area contributed by atoms with Crippen molar-refractivity contribution in [1.82, 2.24) is 20.1 Å². The first-order valence-corrected chi connectivity index (χ1v) is 9.65. The number of nitrogens with one attached hydrogen (secondary N) is 1. The monoisotopic (exact) mass is 398 g/mol. The highest BCUT2D eigenvalue weighted by Crippen LogP contribution is 2.28. The number of carbonyl (C=O) groups is 2. The third-order valence-electron chi connectivity index (χ3n) is 5.39. The molecule has 2 fully saturated rings. The molecule has 6 nitrogen and oxygen atoms in total. The van der Waals surface area contributed by atoms with Crippen LogP contribution < -0.4 is 5.32 Å². The maximum absolute atomic E-state index is 12.7. The van der Waals surface area contributed by atoms with E-state index in [9.17, 15) is 22.8 Å². The molecular formula is C19H25F3N4O2. The summed E-state index contributed by atoms with van der Waals surface area (Å²) in [6.45, 7) is 2.89. The highest BCUT2D eigenvalue weighted by atomic mass is 19.4. The van der Waals surface area contributed by atoms with Crippen molar-refractivity contribution in [3.8, 4) is 0 Å². The molecule has 3 rings (SSSR count). The summed E-state index contributed by atoms with van der Waals surface area (Å²) < 4.78 is 38.2. The third-order valence-corrected chi connectivity index (χ3v) is 5.39. The van der Waals surface area contributed by atoms with Crippen LogP contribution in [0.5, 0.6) is 0 Å². The van der Waals surface area contributed by atoms with Crippen LogP contribution in [0.1, 0.15) is 53.8 Å². The van der Waals surface area contributed by atoms with Gasteiger partial charge in [0.2, 0.25) is 0 Å². The van der Waals surface area contributed by atoms with Crippen LogP contribution in [0.2, 0.25) is 0 Å². The number of halogens is 3. The Labute approximate surface area is 162 Å².